The number of benzene rings is 1. The lowest BCUT2D eigenvalue weighted by atomic mass is 10.1. The van der Waals surface area contributed by atoms with E-state index < -0.39 is 0 Å². The van der Waals surface area contributed by atoms with E-state index in [1.807, 2.05) is 43.3 Å². The van der Waals surface area contributed by atoms with Crippen molar-refractivity contribution in [1.29, 1.82) is 0 Å². The summed E-state index contributed by atoms with van der Waals surface area (Å²) in [7, 11) is 0. The Morgan fingerprint density at radius 2 is 1.76 bits per heavy atom. The second kappa shape index (κ2) is 8.15. The molecule has 25 heavy (non-hydrogen) atoms. The van der Waals surface area contributed by atoms with Crippen LogP contribution in [0.3, 0.4) is 0 Å². The summed E-state index contributed by atoms with van der Waals surface area (Å²) in [6.07, 6.45) is 5.66. The van der Waals surface area contributed by atoms with E-state index in [0.717, 1.165) is 17.8 Å². The van der Waals surface area contributed by atoms with Crippen LogP contribution in [0.25, 0.3) is 0 Å². The van der Waals surface area contributed by atoms with E-state index in [9.17, 15) is 4.79 Å². The average Bonchev–Trinajstić information content (AvgIpc) is 2.67. The first-order valence-corrected chi connectivity index (χ1v) is 8.24. The molecule has 0 spiro atoms. The van der Waals surface area contributed by atoms with E-state index in [-0.39, 0.29) is 5.91 Å². The minimum atomic E-state index is -0.130. The average molecular weight is 332 g/mol. The van der Waals surface area contributed by atoms with Crippen LogP contribution in [0.5, 0.6) is 0 Å². The minimum Gasteiger partial charge on any atom is -0.331 e. The summed E-state index contributed by atoms with van der Waals surface area (Å²) in [6, 6.07) is 15.8. The van der Waals surface area contributed by atoms with Crippen LogP contribution < -0.4 is 0 Å². The summed E-state index contributed by atoms with van der Waals surface area (Å²) in [5, 5.41) is 0. The van der Waals surface area contributed by atoms with Gasteiger partial charge in [-0.05, 0) is 31.0 Å². The van der Waals surface area contributed by atoms with Crippen LogP contribution in [0.1, 0.15) is 27.4 Å². The quantitative estimate of drug-likeness (QED) is 0.696. The molecule has 126 valence electrons. The smallest absolute Gasteiger partial charge is 0.274 e. The van der Waals surface area contributed by atoms with Gasteiger partial charge in [-0.15, -0.1) is 0 Å². The number of aryl methyl sites for hydroxylation is 1. The fraction of sp³-hybridized carbons (Fsp3) is 0.200. The molecule has 2 aromatic heterocycles. The molecule has 3 rings (SSSR count). The molecule has 0 atom stereocenters. The van der Waals surface area contributed by atoms with Gasteiger partial charge in [-0.2, -0.15) is 0 Å². The van der Waals surface area contributed by atoms with Crippen LogP contribution in [0.15, 0.2) is 67.1 Å². The summed E-state index contributed by atoms with van der Waals surface area (Å²) >= 11 is 0. The Morgan fingerprint density at radius 1 is 0.960 bits per heavy atom. The highest BCUT2D eigenvalue weighted by Gasteiger charge is 2.18. The molecule has 1 amide bonds. The van der Waals surface area contributed by atoms with Crippen molar-refractivity contribution in [2.45, 2.75) is 19.9 Å². The molecule has 0 aliphatic heterocycles. The van der Waals surface area contributed by atoms with Crippen molar-refractivity contribution in [3.05, 3.63) is 89.8 Å². The van der Waals surface area contributed by atoms with Gasteiger partial charge in [-0.3, -0.25) is 14.8 Å². The standard InChI is InChI=1S/C20H20N4O/c1-16-13-23-19(14-22-16)20(25)24(15-18-9-5-6-11-21-18)12-10-17-7-3-2-4-8-17/h2-9,11,13-14H,10,12,15H2,1H3. The van der Waals surface area contributed by atoms with Crippen LogP contribution in [0.4, 0.5) is 0 Å². The molecule has 0 N–H and O–H groups in total. The van der Waals surface area contributed by atoms with Gasteiger partial charge in [0.15, 0.2) is 0 Å². The molecule has 1 aromatic carbocycles. The molecular weight excluding hydrogens is 312 g/mol. The Kier molecular flexibility index (Phi) is 5.46. The third-order valence-corrected chi connectivity index (χ3v) is 3.88. The molecule has 0 radical (unpaired) electrons. The van der Waals surface area contributed by atoms with Gasteiger partial charge in [0, 0.05) is 18.9 Å². The number of hydrogen-bond acceptors (Lipinski definition) is 4. The number of amides is 1. The first-order chi connectivity index (χ1) is 12.2. The molecule has 0 aliphatic carbocycles. The number of hydrogen-bond donors (Lipinski definition) is 0. The Morgan fingerprint density at radius 3 is 2.44 bits per heavy atom. The first-order valence-electron chi connectivity index (χ1n) is 8.24. The largest absolute Gasteiger partial charge is 0.331 e. The zero-order valence-corrected chi connectivity index (χ0v) is 14.2. The van der Waals surface area contributed by atoms with Crippen molar-refractivity contribution >= 4 is 5.91 Å². The lowest BCUT2D eigenvalue weighted by Gasteiger charge is -2.22. The Labute approximate surface area is 147 Å². The molecule has 0 bridgehead atoms. The lowest BCUT2D eigenvalue weighted by Crippen LogP contribution is -2.33. The number of rotatable bonds is 6. The van der Waals surface area contributed by atoms with Crippen LogP contribution in [-0.2, 0) is 13.0 Å². The van der Waals surface area contributed by atoms with Crippen molar-refractivity contribution in [3.63, 3.8) is 0 Å². The van der Waals surface area contributed by atoms with Gasteiger partial charge in [-0.1, -0.05) is 36.4 Å². The molecule has 2 heterocycles. The minimum absolute atomic E-state index is 0.130. The fourth-order valence-corrected chi connectivity index (χ4v) is 2.51. The summed E-state index contributed by atoms with van der Waals surface area (Å²) < 4.78 is 0. The molecule has 3 aromatic rings. The van der Waals surface area contributed by atoms with Gasteiger partial charge >= 0.3 is 0 Å². The summed E-state index contributed by atoms with van der Waals surface area (Å²) in [5.74, 6) is -0.130. The summed E-state index contributed by atoms with van der Waals surface area (Å²) in [5.41, 5.74) is 3.19. The zero-order valence-electron chi connectivity index (χ0n) is 14.2. The van der Waals surface area contributed by atoms with Crippen LogP contribution >= 0.6 is 0 Å². The number of carbonyl (C=O) groups is 1. The van der Waals surface area contributed by atoms with Crippen molar-refractivity contribution in [1.82, 2.24) is 19.9 Å². The topological polar surface area (TPSA) is 59.0 Å². The second-order valence-electron chi connectivity index (χ2n) is 5.83. The molecule has 0 saturated carbocycles. The van der Waals surface area contributed by atoms with Crippen molar-refractivity contribution in [3.8, 4) is 0 Å². The van der Waals surface area contributed by atoms with Crippen molar-refractivity contribution in [2.75, 3.05) is 6.54 Å². The summed E-state index contributed by atoms with van der Waals surface area (Å²) in [6.45, 7) is 2.89. The second-order valence-corrected chi connectivity index (χ2v) is 5.83. The molecule has 0 unspecified atom stereocenters. The van der Waals surface area contributed by atoms with Crippen LogP contribution in [-0.4, -0.2) is 32.3 Å². The Balaban J connectivity index is 1.77. The van der Waals surface area contributed by atoms with Crippen molar-refractivity contribution in [2.24, 2.45) is 0 Å². The van der Waals surface area contributed by atoms with Gasteiger partial charge in [-0.25, -0.2) is 4.98 Å². The predicted molar refractivity (Wildman–Crippen MR) is 95.9 cm³/mol. The molecule has 0 saturated heterocycles. The molecular formula is C20H20N4O. The maximum absolute atomic E-state index is 12.9. The SMILES string of the molecule is Cc1cnc(C(=O)N(CCc2ccccc2)Cc2ccccn2)cn1. The number of aromatic nitrogens is 3. The van der Waals surface area contributed by atoms with Gasteiger partial charge < -0.3 is 4.90 Å². The van der Waals surface area contributed by atoms with Gasteiger partial charge in [0.2, 0.25) is 0 Å². The zero-order chi connectivity index (χ0) is 17.5. The number of pyridine rings is 1. The summed E-state index contributed by atoms with van der Waals surface area (Å²) in [4.78, 5) is 27.4. The molecule has 0 fully saturated rings. The Bertz CT molecular complexity index is 804. The van der Waals surface area contributed by atoms with Gasteiger partial charge in [0.25, 0.3) is 5.91 Å². The fourth-order valence-electron chi connectivity index (χ4n) is 2.51. The normalized spacial score (nSPS) is 10.4. The predicted octanol–water partition coefficient (Wildman–Crippen LogP) is 3.07. The van der Waals surface area contributed by atoms with Crippen molar-refractivity contribution < 1.29 is 4.79 Å². The first kappa shape index (κ1) is 16.8. The maximum atomic E-state index is 12.9. The highest BCUT2D eigenvalue weighted by atomic mass is 16.2. The van der Waals surface area contributed by atoms with Crippen LogP contribution in [0, 0.1) is 6.92 Å². The van der Waals surface area contributed by atoms with E-state index in [0.29, 0.717) is 18.8 Å². The molecule has 0 aliphatic rings. The third kappa shape index (κ3) is 4.70. The van der Waals surface area contributed by atoms with Crippen LogP contribution in [0.2, 0.25) is 0 Å². The van der Waals surface area contributed by atoms with E-state index >= 15 is 0 Å². The lowest BCUT2D eigenvalue weighted by molar-refractivity contribution is 0.0736. The van der Waals surface area contributed by atoms with E-state index in [2.05, 4.69) is 27.1 Å². The van der Waals surface area contributed by atoms with E-state index in [1.54, 1.807) is 17.3 Å². The van der Waals surface area contributed by atoms with Gasteiger partial charge in [0.1, 0.15) is 5.69 Å². The number of carbonyl (C=O) groups excluding carboxylic acids is 1. The van der Waals surface area contributed by atoms with Gasteiger partial charge in [0.05, 0.1) is 24.1 Å². The maximum Gasteiger partial charge on any atom is 0.274 e. The highest BCUT2D eigenvalue weighted by molar-refractivity contribution is 5.91. The third-order valence-electron chi connectivity index (χ3n) is 3.88. The Hall–Kier alpha value is -3.08. The molecule has 5 heteroatoms. The monoisotopic (exact) mass is 332 g/mol. The number of nitrogens with zero attached hydrogens (tertiary/aromatic N) is 4. The van der Waals surface area contributed by atoms with E-state index in [1.165, 1.54) is 11.8 Å². The highest BCUT2D eigenvalue weighted by Crippen LogP contribution is 2.09. The molecule has 5 nitrogen and oxygen atoms in total. The van der Waals surface area contributed by atoms with E-state index in [4.69, 9.17) is 0 Å².